The van der Waals surface area contributed by atoms with E-state index in [4.69, 9.17) is 9.30 Å². The van der Waals surface area contributed by atoms with Gasteiger partial charge in [-0.25, -0.2) is 0 Å². The molecular formula is C21H25O4P. The first-order valence-corrected chi connectivity index (χ1v) is 8.85. The summed E-state index contributed by atoms with van der Waals surface area (Å²) in [6.45, 7) is 8.03. The molecule has 0 spiro atoms. The monoisotopic (exact) mass is 372 g/mol. The Morgan fingerprint density at radius 3 is 1.96 bits per heavy atom. The Morgan fingerprint density at radius 1 is 0.923 bits per heavy atom. The molecule has 5 heteroatoms. The minimum Gasteiger partial charge on any atom is -0.465 e. The Labute approximate surface area is 157 Å². The maximum atomic E-state index is 13.2. The molecule has 0 N–H and O–H groups in total. The van der Waals surface area contributed by atoms with Crippen LogP contribution in [0.2, 0.25) is 0 Å². The second-order valence-corrected chi connectivity index (χ2v) is 6.50. The fourth-order valence-corrected chi connectivity index (χ4v) is 2.72. The molecule has 0 saturated carbocycles. The van der Waals surface area contributed by atoms with Crippen LogP contribution in [0, 0.1) is 19.8 Å². The molecule has 0 fully saturated rings. The van der Waals surface area contributed by atoms with Gasteiger partial charge < -0.3 is 4.74 Å². The van der Waals surface area contributed by atoms with Gasteiger partial charge in [-0.1, -0.05) is 62.4 Å². The second-order valence-electron chi connectivity index (χ2n) is 6.50. The van der Waals surface area contributed by atoms with E-state index in [0.717, 1.165) is 11.1 Å². The number of carbonyl (C=O) groups excluding carboxylic acids is 2. The lowest BCUT2D eigenvalue weighted by Crippen LogP contribution is -2.26. The molecule has 2 rings (SSSR count). The summed E-state index contributed by atoms with van der Waals surface area (Å²) in [6, 6.07) is 14.8. The van der Waals surface area contributed by atoms with E-state index in [1.807, 2.05) is 64.1 Å². The van der Waals surface area contributed by atoms with E-state index >= 15 is 0 Å². The van der Waals surface area contributed by atoms with E-state index in [9.17, 15) is 9.59 Å². The highest BCUT2D eigenvalue weighted by Crippen LogP contribution is 2.26. The largest absolute Gasteiger partial charge is 0.465 e. The zero-order valence-electron chi connectivity index (χ0n) is 15.6. The summed E-state index contributed by atoms with van der Waals surface area (Å²) in [7, 11) is 1.72. The first-order chi connectivity index (χ1) is 12.4. The summed E-state index contributed by atoms with van der Waals surface area (Å²) in [5, 5.41) is 0. The van der Waals surface area contributed by atoms with Crippen LogP contribution >= 0.6 is 9.12 Å². The average molecular weight is 372 g/mol. The van der Waals surface area contributed by atoms with Crippen LogP contribution in [0.3, 0.4) is 0 Å². The molecule has 2 aromatic rings. The molecular weight excluding hydrogens is 347 g/mol. The topological polar surface area (TPSA) is 60.4 Å². The number of esters is 1. The molecule has 0 aliphatic rings. The molecule has 2 aromatic carbocycles. The number of ketones is 1. The van der Waals surface area contributed by atoms with Crippen molar-refractivity contribution in [1.29, 1.82) is 0 Å². The van der Waals surface area contributed by atoms with Crippen molar-refractivity contribution in [3.8, 4) is 0 Å². The SMILES string of the molecule is Cc1cccc(C)c1C(=O)C(C(=O)OCC(C)C)c1ccccc1.O=P. The lowest BCUT2D eigenvalue weighted by molar-refractivity contribution is -0.145. The number of carbonyl (C=O) groups is 2. The molecule has 1 unspecified atom stereocenters. The minimum atomic E-state index is -0.926. The fraction of sp³-hybridized carbons (Fsp3) is 0.333. The molecule has 0 aliphatic heterocycles. The Morgan fingerprint density at radius 2 is 1.46 bits per heavy atom. The van der Waals surface area contributed by atoms with Crippen LogP contribution in [0.15, 0.2) is 48.5 Å². The first-order valence-electron chi connectivity index (χ1n) is 8.44. The number of aryl methyl sites for hydroxylation is 2. The van der Waals surface area contributed by atoms with E-state index < -0.39 is 11.9 Å². The molecule has 4 nitrogen and oxygen atoms in total. The summed E-state index contributed by atoms with van der Waals surface area (Å²) in [5.41, 5.74) is 3.02. The molecule has 0 aromatic heterocycles. The minimum absolute atomic E-state index is 0.203. The average Bonchev–Trinajstić information content (AvgIpc) is 2.62. The second kappa shape index (κ2) is 10.6. The van der Waals surface area contributed by atoms with Crippen molar-refractivity contribution in [1.82, 2.24) is 0 Å². The number of benzene rings is 2. The molecule has 0 amide bonds. The standard InChI is InChI=1S/C21H24O3.HOP/c1-14(2)13-24-21(23)19(17-11-6-5-7-12-17)20(22)18-15(3)9-8-10-16(18)4;1-2/h5-12,14,19H,13H2,1-4H3;2H. The van der Waals surface area contributed by atoms with Crippen LogP contribution in [-0.2, 0) is 14.1 Å². The van der Waals surface area contributed by atoms with Gasteiger partial charge in [0.05, 0.1) is 6.61 Å². The fourth-order valence-electron chi connectivity index (χ4n) is 2.72. The van der Waals surface area contributed by atoms with E-state index in [0.29, 0.717) is 17.7 Å². The summed E-state index contributed by atoms with van der Waals surface area (Å²) in [5.74, 6) is -1.39. The van der Waals surface area contributed by atoms with Gasteiger partial charge in [0, 0.05) is 5.56 Å². The summed E-state index contributed by atoms with van der Waals surface area (Å²) >= 11 is 0. The number of rotatable bonds is 6. The number of hydrogen-bond donors (Lipinski definition) is 0. The Hall–Kier alpha value is -2.32. The lowest BCUT2D eigenvalue weighted by Gasteiger charge is -2.18. The van der Waals surface area contributed by atoms with E-state index in [1.54, 1.807) is 21.3 Å². The van der Waals surface area contributed by atoms with Crippen LogP contribution in [0.5, 0.6) is 0 Å². The van der Waals surface area contributed by atoms with Crippen molar-refractivity contribution < 1.29 is 18.9 Å². The molecule has 0 heterocycles. The van der Waals surface area contributed by atoms with Gasteiger partial charge in [0.1, 0.15) is 15.0 Å². The predicted molar refractivity (Wildman–Crippen MR) is 104 cm³/mol. The van der Waals surface area contributed by atoms with Crippen molar-refractivity contribution in [2.75, 3.05) is 6.61 Å². The molecule has 0 radical (unpaired) electrons. The highest BCUT2D eigenvalue weighted by molar-refractivity contribution is 7.00. The van der Waals surface area contributed by atoms with Gasteiger partial charge in [0.25, 0.3) is 0 Å². The van der Waals surface area contributed by atoms with Gasteiger partial charge in [-0.3, -0.25) is 14.2 Å². The third-order valence-corrected chi connectivity index (χ3v) is 3.92. The number of ether oxygens (including phenoxy) is 1. The summed E-state index contributed by atoms with van der Waals surface area (Å²) in [4.78, 5) is 25.8. The lowest BCUT2D eigenvalue weighted by atomic mass is 9.87. The normalized spacial score (nSPS) is 11.3. The van der Waals surface area contributed by atoms with Crippen LogP contribution < -0.4 is 0 Å². The smallest absolute Gasteiger partial charge is 0.321 e. The predicted octanol–water partition coefficient (Wildman–Crippen LogP) is 4.94. The summed E-state index contributed by atoms with van der Waals surface area (Å²) < 4.78 is 13.4. The molecule has 1 atom stereocenters. The van der Waals surface area contributed by atoms with Gasteiger partial charge in [-0.2, -0.15) is 0 Å². The van der Waals surface area contributed by atoms with Crippen molar-refractivity contribution in [2.24, 2.45) is 5.92 Å². The van der Waals surface area contributed by atoms with E-state index in [-0.39, 0.29) is 11.7 Å². The molecule has 0 aliphatic carbocycles. The highest BCUT2D eigenvalue weighted by atomic mass is 31.0. The van der Waals surface area contributed by atoms with Gasteiger partial charge in [-0.05, 0) is 36.5 Å². The van der Waals surface area contributed by atoms with Crippen molar-refractivity contribution in [2.45, 2.75) is 33.6 Å². The van der Waals surface area contributed by atoms with Gasteiger partial charge >= 0.3 is 5.97 Å². The Balaban J connectivity index is 0.00000163. The van der Waals surface area contributed by atoms with Crippen LogP contribution in [0.1, 0.15) is 46.8 Å². The zero-order valence-corrected chi connectivity index (χ0v) is 16.6. The third-order valence-electron chi connectivity index (χ3n) is 3.92. The maximum Gasteiger partial charge on any atom is 0.321 e. The Bertz CT molecular complexity index is 721. The molecule has 0 saturated heterocycles. The quantitative estimate of drug-likeness (QED) is 0.312. The van der Waals surface area contributed by atoms with Crippen molar-refractivity contribution in [3.05, 3.63) is 70.8 Å². The van der Waals surface area contributed by atoms with Crippen molar-refractivity contribution in [3.63, 3.8) is 0 Å². The van der Waals surface area contributed by atoms with Crippen LogP contribution in [-0.4, -0.2) is 18.4 Å². The third kappa shape index (κ3) is 5.60. The van der Waals surface area contributed by atoms with Crippen molar-refractivity contribution >= 4 is 20.9 Å². The molecule has 138 valence electrons. The first kappa shape index (κ1) is 21.7. The summed E-state index contributed by atoms with van der Waals surface area (Å²) in [6.07, 6.45) is 0. The number of Topliss-reactive ketones (excluding diaryl/α,β-unsaturated/α-hetero) is 1. The molecule has 0 bridgehead atoms. The van der Waals surface area contributed by atoms with Gasteiger partial charge in [0.2, 0.25) is 0 Å². The van der Waals surface area contributed by atoms with Crippen LogP contribution in [0.25, 0.3) is 0 Å². The highest BCUT2D eigenvalue weighted by Gasteiger charge is 2.32. The maximum absolute atomic E-state index is 13.2. The van der Waals surface area contributed by atoms with Gasteiger partial charge in [0.15, 0.2) is 5.78 Å². The number of hydrogen-bond acceptors (Lipinski definition) is 4. The zero-order chi connectivity index (χ0) is 19.7. The molecule has 26 heavy (non-hydrogen) atoms. The van der Waals surface area contributed by atoms with Crippen LogP contribution in [0.4, 0.5) is 0 Å². The van der Waals surface area contributed by atoms with Gasteiger partial charge in [-0.15, -0.1) is 0 Å². The van der Waals surface area contributed by atoms with E-state index in [1.165, 1.54) is 0 Å². The van der Waals surface area contributed by atoms with E-state index in [2.05, 4.69) is 0 Å². The Kier molecular flexibility index (Phi) is 8.87.